The molecule has 3 fully saturated rings. The summed E-state index contributed by atoms with van der Waals surface area (Å²) in [6.45, 7) is 7.16. The van der Waals surface area contributed by atoms with Gasteiger partial charge < -0.3 is 10.2 Å². The van der Waals surface area contributed by atoms with Gasteiger partial charge in [0.1, 0.15) is 0 Å². The van der Waals surface area contributed by atoms with Crippen molar-refractivity contribution in [2.45, 2.75) is 64.0 Å². The summed E-state index contributed by atoms with van der Waals surface area (Å²) in [6.07, 6.45) is 8.80. The van der Waals surface area contributed by atoms with Crippen molar-refractivity contribution in [3.8, 4) is 0 Å². The fourth-order valence-electron chi connectivity index (χ4n) is 4.24. The molecular weight excluding hydrogens is 262 g/mol. The van der Waals surface area contributed by atoms with Crippen LogP contribution < -0.4 is 5.32 Å². The topological polar surface area (TPSA) is 35.6 Å². The van der Waals surface area contributed by atoms with Gasteiger partial charge in [-0.1, -0.05) is 13.3 Å². The zero-order chi connectivity index (χ0) is 14.7. The SMILES string of the molecule is CC1CCN(C(=O)CN2CCCCC2C2CCCN2)CC1. The molecule has 4 heteroatoms. The lowest BCUT2D eigenvalue weighted by Gasteiger charge is -2.40. The summed E-state index contributed by atoms with van der Waals surface area (Å²) in [5.41, 5.74) is 0. The maximum Gasteiger partial charge on any atom is 0.236 e. The number of carbonyl (C=O) groups is 1. The van der Waals surface area contributed by atoms with Crippen molar-refractivity contribution in [3.63, 3.8) is 0 Å². The highest BCUT2D eigenvalue weighted by molar-refractivity contribution is 5.78. The molecule has 3 saturated heterocycles. The average Bonchev–Trinajstić information content (AvgIpc) is 3.02. The van der Waals surface area contributed by atoms with Crippen LogP contribution in [0, 0.1) is 5.92 Å². The quantitative estimate of drug-likeness (QED) is 0.862. The van der Waals surface area contributed by atoms with Crippen molar-refractivity contribution in [1.82, 2.24) is 15.1 Å². The van der Waals surface area contributed by atoms with Gasteiger partial charge in [0.2, 0.25) is 5.91 Å². The Hall–Kier alpha value is -0.610. The van der Waals surface area contributed by atoms with Crippen LogP contribution >= 0.6 is 0 Å². The predicted octanol–water partition coefficient (Wildman–Crippen LogP) is 1.85. The van der Waals surface area contributed by atoms with Crippen LogP contribution in [0.1, 0.15) is 51.9 Å². The van der Waals surface area contributed by atoms with Crippen LogP contribution in [0.5, 0.6) is 0 Å². The molecule has 3 aliphatic heterocycles. The van der Waals surface area contributed by atoms with Gasteiger partial charge in [0.15, 0.2) is 0 Å². The van der Waals surface area contributed by atoms with Crippen LogP contribution in [0.3, 0.4) is 0 Å². The molecule has 2 atom stereocenters. The molecule has 0 spiro atoms. The largest absolute Gasteiger partial charge is 0.342 e. The highest BCUT2D eigenvalue weighted by Gasteiger charge is 2.33. The van der Waals surface area contributed by atoms with E-state index >= 15 is 0 Å². The monoisotopic (exact) mass is 293 g/mol. The third-order valence-corrected chi connectivity index (χ3v) is 5.70. The van der Waals surface area contributed by atoms with Crippen molar-refractivity contribution >= 4 is 5.91 Å². The van der Waals surface area contributed by atoms with E-state index in [-0.39, 0.29) is 0 Å². The van der Waals surface area contributed by atoms with Gasteiger partial charge >= 0.3 is 0 Å². The highest BCUT2D eigenvalue weighted by atomic mass is 16.2. The minimum absolute atomic E-state index is 0.367. The zero-order valence-electron chi connectivity index (χ0n) is 13.5. The van der Waals surface area contributed by atoms with E-state index in [1.807, 2.05) is 0 Å². The molecule has 0 aromatic heterocycles. The molecule has 0 radical (unpaired) electrons. The first kappa shape index (κ1) is 15.3. The summed E-state index contributed by atoms with van der Waals surface area (Å²) in [4.78, 5) is 17.2. The van der Waals surface area contributed by atoms with Crippen LogP contribution in [0.4, 0.5) is 0 Å². The maximum atomic E-state index is 12.6. The summed E-state index contributed by atoms with van der Waals surface area (Å²) in [5, 5.41) is 3.65. The molecule has 0 bridgehead atoms. The minimum atomic E-state index is 0.367. The lowest BCUT2D eigenvalue weighted by molar-refractivity contribution is -0.134. The van der Waals surface area contributed by atoms with Crippen LogP contribution in [-0.4, -0.2) is 60.5 Å². The number of hydrogen-bond acceptors (Lipinski definition) is 3. The Morgan fingerprint density at radius 1 is 1.05 bits per heavy atom. The van der Waals surface area contributed by atoms with E-state index in [1.54, 1.807) is 0 Å². The number of hydrogen-bond donors (Lipinski definition) is 1. The number of nitrogens with zero attached hydrogens (tertiary/aromatic N) is 2. The van der Waals surface area contributed by atoms with Gasteiger partial charge in [0.05, 0.1) is 6.54 Å². The number of rotatable bonds is 3. The van der Waals surface area contributed by atoms with Crippen LogP contribution in [-0.2, 0) is 4.79 Å². The van der Waals surface area contributed by atoms with Crippen molar-refractivity contribution in [3.05, 3.63) is 0 Å². The molecule has 3 rings (SSSR count). The second-order valence-electron chi connectivity index (χ2n) is 7.30. The Morgan fingerprint density at radius 2 is 1.86 bits per heavy atom. The Kier molecular flexibility index (Phi) is 5.17. The molecule has 1 N–H and O–H groups in total. The third-order valence-electron chi connectivity index (χ3n) is 5.70. The van der Waals surface area contributed by atoms with Crippen molar-refractivity contribution in [2.24, 2.45) is 5.92 Å². The Bertz CT molecular complexity index is 346. The van der Waals surface area contributed by atoms with Gasteiger partial charge in [-0.3, -0.25) is 9.69 Å². The molecule has 0 aliphatic carbocycles. The van der Waals surface area contributed by atoms with Gasteiger partial charge in [-0.25, -0.2) is 0 Å². The molecule has 4 nitrogen and oxygen atoms in total. The van der Waals surface area contributed by atoms with Crippen LogP contribution in [0.15, 0.2) is 0 Å². The van der Waals surface area contributed by atoms with Gasteiger partial charge in [-0.2, -0.15) is 0 Å². The molecule has 21 heavy (non-hydrogen) atoms. The molecule has 3 heterocycles. The summed E-state index contributed by atoms with van der Waals surface area (Å²) < 4.78 is 0. The fraction of sp³-hybridized carbons (Fsp3) is 0.941. The average molecular weight is 293 g/mol. The number of piperidine rings is 2. The number of carbonyl (C=O) groups excluding carboxylic acids is 1. The lowest BCUT2D eigenvalue weighted by atomic mass is 9.94. The Labute approximate surface area is 129 Å². The Balaban J connectivity index is 1.55. The number of likely N-dealkylation sites (tertiary alicyclic amines) is 2. The first-order chi connectivity index (χ1) is 10.2. The lowest BCUT2D eigenvalue weighted by Crippen LogP contribution is -2.54. The minimum Gasteiger partial charge on any atom is -0.342 e. The summed E-state index contributed by atoms with van der Waals surface area (Å²) in [7, 11) is 0. The van der Waals surface area contributed by atoms with Crippen molar-refractivity contribution in [1.29, 1.82) is 0 Å². The van der Waals surface area contributed by atoms with Crippen molar-refractivity contribution in [2.75, 3.05) is 32.7 Å². The van der Waals surface area contributed by atoms with E-state index in [2.05, 4.69) is 22.0 Å². The molecule has 0 aromatic rings. The first-order valence-electron chi connectivity index (χ1n) is 8.99. The number of amides is 1. The van der Waals surface area contributed by atoms with Crippen LogP contribution in [0.2, 0.25) is 0 Å². The van der Waals surface area contributed by atoms with Gasteiger partial charge in [-0.05, 0) is 57.5 Å². The predicted molar refractivity (Wildman–Crippen MR) is 85.2 cm³/mol. The van der Waals surface area contributed by atoms with Gasteiger partial charge in [-0.15, -0.1) is 0 Å². The normalized spacial score (nSPS) is 32.5. The van der Waals surface area contributed by atoms with E-state index in [4.69, 9.17) is 0 Å². The molecule has 0 aromatic carbocycles. The maximum absolute atomic E-state index is 12.6. The van der Waals surface area contributed by atoms with Crippen LogP contribution in [0.25, 0.3) is 0 Å². The van der Waals surface area contributed by atoms with E-state index in [9.17, 15) is 4.79 Å². The standard InChI is InChI=1S/C17H31N3O/c1-14-7-11-19(12-8-14)17(21)13-20-10-3-2-6-16(20)15-5-4-9-18-15/h14-16,18H,2-13H2,1H3. The van der Waals surface area contributed by atoms with E-state index in [1.165, 1.54) is 44.9 Å². The third kappa shape index (κ3) is 3.78. The Morgan fingerprint density at radius 3 is 2.57 bits per heavy atom. The fourth-order valence-corrected chi connectivity index (χ4v) is 4.24. The highest BCUT2D eigenvalue weighted by Crippen LogP contribution is 2.24. The first-order valence-corrected chi connectivity index (χ1v) is 8.99. The molecular formula is C17H31N3O. The number of nitrogens with one attached hydrogen (secondary N) is 1. The van der Waals surface area contributed by atoms with E-state index in [0.717, 1.165) is 32.1 Å². The second kappa shape index (κ2) is 7.10. The molecule has 3 aliphatic rings. The summed E-state index contributed by atoms with van der Waals surface area (Å²) in [5.74, 6) is 1.16. The van der Waals surface area contributed by atoms with Gasteiger partial charge in [0.25, 0.3) is 0 Å². The molecule has 2 unspecified atom stereocenters. The van der Waals surface area contributed by atoms with Crippen molar-refractivity contribution < 1.29 is 4.79 Å². The zero-order valence-corrected chi connectivity index (χ0v) is 13.5. The van der Waals surface area contributed by atoms with E-state index in [0.29, 0.717) is 24.5 Å². The molecule has 120 valence electrons. The second-order valence-corrected chi connectivity index (χ2v) is 7.30. The summed E-state index contributed by atoms with van der Waals surface area (Å²) >= 11 is 0. The molecule has 0 saturated carbocycles. The molecule has 1 amide bonds. The smallest absolute Gasteiger partial charge is 0.236 e. The van der Waals surface area contributed by atoms with E-state index < -0.39 is 0 Å². The summed E-state index contributed by atoms with van der Waals surface area (Å²) in [6, 6.07) is 1.22. The van der Waals surface area contributed by atoms with Gasteiger partial charge in [0, 0.05) is 25.2 Å².